The summed E-state index contributed by atoms with van der Waals surface area (Å²) in [5.74, 6) is -0.986. The van der Waals surface area contributed by atoms with E-state index in [0.29, 0.717) is 10.6 Å². The van der Waals surface area contributed by atoms with Crippen molar-refractivity contribution in [1.29, 1.82) is 0 Å². The van der Waals surface area contributed by atoms with E-state index >= 15 is 0 Å². The van der Waals surface area contributed by atoms with Gasteiger partial charge in [0.05, 0.1) is 20.6 Å². The molecular formula is C29H32Cl3N3O4S. The van der Waals surface area contributed by atoms with E-state index < -0.39 is 34.1 Å². The number of rotatable bonds is 10. The first-order chi connectivity index (χ1) is 18.8. The van der Waals surface area contributed by atoms with Crippen LogP contribution >= 0.6 is 34.8 Å². The number of carbonyl (C=O) groups excluding carboxylic acids is 2. The fraction of sp³-hybridized carbons (Fsp3) is 0.310. The van der Waals surface area contributed by atoms with Gasteiger partial charge in [0, 0.05) is 17.1 Å². The summed E-state index contributed by atoms with van der Waals surface area (Å²) in [4.78, 5) is 28.8. The van der Waals surface area contributed by atoms with Crippen molar-refractivity contribution in [3.05, 3.63) is 93.4 Å². The van der Waals surface area contributed by atoms with Crippen LogP contribution in [0.4, 0.5) is 5.69 Å². The summed E-state index contributed by atoms with van der Waals surface area (Å²) in [6, 6.07) is 18.3. The van der Waals surface area contributed by atoms with Crippen molar-refractivity contribution in [2.24, 2.45) is 0 Å². The number of benzene rings is 3. The van der Waals surface area contributed by atoms with E-state index in [2.05, 4.69) is 5.32 Å². The minimum Gasteiger partial charge on any atom is -0.350 e. The number of carbonyl (C=O) groups is 2. The molecule has 7 nitrogen and oxygen atoms in total. The maximum Gasteiger partial charge on any atom is 0.264 e. The zero-order valence-corrected chi connectivity index (χ0v) is 25.8. The summed E-state index contributed by atoms with van der Waals surface area (Å²) >= 11 is 19.1. The molecule has 0 radical (unpaired) electrons. The molecule has 0 aliphatic rings. The molecule has 0 aliphatic carbocycles. The third kappa shape index (κ3) is 7.69. The zero-order valence-electron chi connectivity index (χ0n) is 22.7. The van der Waals surface area contributed by atoms with Gasteiger partial charge in [-0.1, -0.05) is 84.2 Å². The quantitative estimate of drug-likeness (QED) is 0.277. The Hall–Kier alpha value is -2.78. The zero-order chi connectivity index (χ0) is 29.7. The van der Waals surface area contributed by atoms with E-state index in [9.17, 15) is 18.0 Å². The molecule has 40 heavy (non-hydrogen) atoms. The van der Waals surface area contributed by atoms with Crippen molar-refractivity contribution in [1.82, 2.24) is 10.2 Å². The lowest BCUT2D eigenvalue weighted by Crippen LogP contribution is -2.55. The summed E-state index contributed by atoms with van der Waals surface area (Å²) in [6.07, 6.45) is 0.279. The van der Waals surface area contributed by atoms with Crippen LogP contribution in [0.1, 0.15) is 39.7 Å². The Balaban J connectivity index is 2.12. The molecular weight excluding hydrogens is 593 g/mol. The minimum atomic E-state index is -4.27. The first-order valence-electron chi connectivity index (χ1n) is 12.6. The van der Waals surface area contributed by atoms with E-state index in [1.54, 1.807) is 55.5 Å². The average molecular weight is 625 g/mol. The van der Waals surface area contributed by atoms with Crippen molar-refractivity contribution in [2.75, 3.05) is 10.8 Å². The van der Waals surface area contributed by atoms with Gasteiger partial charge >= 0.3 is 0 Å². The number of amides is 2. The number of hydrogen-bond acceptors (Lipinski definition) is 4. The van der Waals surface area contributed by atoms with Crippen molar-refractivity contribution >= 4 is 62.3 Å². The molecule has 11 heteroatoms. The Morgan fingerprint density at radius 3 is 2.08 bits per heavy atom. The predicted molar refractivity (Wildman–Crippen MR) is 161 cm³/mol. The van der Waals surface area contributed by atoms with E-state index in [1.165, 1.54) is 29.2 Å². The van der Waals surface area contributed by atoms with Crippen LogP contribution in [-0.2, 0) is 26.2 Å². The Bertz CT molecular complexity index is 1460. The topological polar surface area (TPSA) is 86.8 Å². The van der Waals surface area contributed by atoms with Crippen LogP contribution in [0.3, 0.4) is 0 Å². The normalized spacial score (nSPS) is 12.5. The first-order valence-corrected chi connectivity index (χ1v) is 15.2. The maximum absolute atomic E-state index is 14.1. The van der Waals surface area contributed by atoms with Gasteiger partial charge in [0.1, 0.15) is 12.6 Å². The lowest BCUT2D eigenvalue weighted by atomic mass is 10.1. The van der Waals surface area contributed by atoms with Crippen LogP contribution in [0.2, 0.25) is 15.1 Å². The maximum atomic E-state index is 14.1. The van der Waals surface area contributed by atoms with Crippen LogP contribution in [0, 0.1) is 0 Å². The van der Waals surface area contributed by atoms with Gasteiger partial charge in [-0.15, -0.1) is 0 Å². The second-order valence-electron chi connectivity index (χ2n) is 10.2. The highest BCUT2D eigenvalue weighted by atomic mass is 35.5. The Kier molecular flexibility index (Phi) is 10.5. The number of sulfonamides is 1. The largest absolute Gasteiger partial charge is 0.350 e. The van der Waals surface area contributed by atoms with Crippen molar-refractivity contribution in [2.45, 2.75) is 57.1 Å². The average Bonchev–Trinajstić information content (AvgIpc) is 2.89. The molecule has 0 heterocycles. The lowest BCUT2D eigenvalue weighted by molar-refractivity contribution is -0.141. The Morgan fingerprint density at radius 1 is 0.875 bits per heavy atom. The molecule has 3 aromatic rings. The van der Waals surface area contributed by atoms with Gasteiger partial charge in [-0.25, -0.2) is 8.42 Å². The summed E-state index contributed by atoms with van der Waals surface area (Å²) in [6.45, 7) is 6.65. The molecule has 0 aliphatic heterocycles. The molecule has 1 atom stereocenters. The van der Waals surface area contributed by atoms with Gasteiger partial charge in [-0.3, -0.25) is 13.9 Å². The van der Waals surface area contributed by atoms with Gasteiger partial charge in [0.25, 0.3) is 10.0 Å². The van der Waals surface area contributed by atoms with E-state index in [1.807, 2.05) is 20.8 Å². The molecule has 0 saturated heterocycles. The van der Waals surface area contributed by atoms with Crippen molar-refractivity contribution < 1.29 is 18.0 Å². The van der Waals surface area contributed by atoms with Crippen molar-refractivity contribution in [3.8, 4) is 0 Å². The standard InChI is InChI=1S/C29H32Cl3N3O4S/c1-5-24(28(37)33-29(2,3)4)34(18-20-12-9-10-15-22(20)30)26(36)19-35(25-17-11-16-23(31)27(25)32)40(38,39)21-13-7-6-8-14-21/h6-17,24H,5,18-19H2,1-4H3,(H,33,37). The smallest absolute Gasteiger partial charge is 0.264 e. The number of hydrogen-bond donors (Lipinski definition) is 1. The van der Waals surface area contributed by atoms with Gasteiger partial charge in [0.2, 0.25) is 11.8 Å². The molecule has 0 aromatic heterocycles. The molecule has 0 saturated carbocycles. The number of anilines is 1. The molecule has 1 unspecified atom stereocenters. The molecule has 214 valence electrons. The van der Waals surface area contributed by atoms with E-state index in [-0.39, 0.29) is 39.5 Å². The fourth-order valence-corrected chi connectivity index (χ4v) is 6.19. The van der Waals surface area contributed by atoms with Crippen LogP contribution in [0.15, 0.2) is 77.7 Å². The van der Waals surface area contributed by atoms with E-state index in [0.717, 1.165) is 4.31 Å². The highest BCUT2D eigenvalue weighted by Gasteiger charge is 2.35. The van der Waals surface area contributed by atoms with Crippen LogP contribution in [0.25, 0.3) is 0 Å². The third-order valence-electron chi connectivity index (χ3n) is 5.99. The fourth-order valence-electron chi connectivity index (χ4n) is 4.10. The third-order valence-corrected chi connectivity index (χ3v) is 8.94. The second-order valence-corrected chi connectivity index (χ2v) is 13.2. The summed E-state index contributed by atoms with van der Waals surface area (Å²) in [5, 5.41) is 3.45. The minimum absolute atomic E-state index is 0.0168. The molecule has 0 bridgehead atoms. The van der Waals surface area contributed by atoms with E-state index in [4.69, 9.17) is 34.8 Å². The van der Waals surface area contributed by atoms with Gasteiger partial charge in [-0.2, -0.15) is 0 Å². The molecule has 1 N–H and O–H groups in total. The van der Waals surface area contributed by atoms with Gasteiger partial charge in [0.15, 0.2) is 0 Å². The van der Waals surface area contributed by atoms with Crippen molar-refractivity contribution in [3.63, 3.8) is 0 Å². The van der Waals surface area contributed by atoms with Crippen LogP contribution in [-0.4, -0.2) is 43.3 Å². The molecule has 0 fully saturated rings. The highest BCUT2D eigenvalue weighted by Crippen LogP contribution is 2.35. The Morgan fingerprint density at radius 2 is 1.48 bits per heavy atom. The predicted octanol–water partition coefficient (Wildman–Crippen LogP) is 6.56. The number of halogens is 3. The molecule has 2 amide bonds. The molecule has 3 aromatic carbocycles. The summed E-state index contributed by atoms with van der Waals surface area (Å²) in [5.41, 5.74) is 0.0923. The first kappa shape index (κ1) is 31.7. The van der Waals surface area contributed by atoms with Gasteiger partial charge < -0.3 is 10.2 Å². The summed E-state index contributed by atoms with van der Waals surface area (Å²) < 4.78 is 28.7. The summed E-state index contributed by atoms with van der Waals surface area (Å²) in [7, 11) is -4.27. The lowest BCUT2D eigenvalue weighted by Gasteiger charge is -2.35. The SMILES string of the molecule is CCC(C(=O)NC(C)(C)C)N(Cc1ccccc1Cl)C(=O)CN(c1cccc(Cl)c1Cl)S(=O)(=O)c1ccccc1. The monoisotopic (exact) mass is 623 g/mol. The number of nitrogens with zero attached hydrogens (tertiary/aromatic N) is 2. The van der Waals surface area contributed by atoms with Crippen LogP contribution < -0.4 is 9.62 Å². The molecule has 3 rings (SSSR count). The Labute approximate surface area is 251 Å². The van der Waals surface area contributed by atoms with Gasteiger partial charge in [-0.05, 0) is 63.1 Å². The van der Waals surface area contributed by atoms with Crippen LogP contribution in [0.5, 0.6) is 0 Å². The second kappa shape index (κ2) is 13.3. The number of nitrogens with one attached hydrogen (secondary N) is 1. The highest BCUT2D eigenvalue weighted by molar-refractivity contribution is 7.92. The molecule has 0 spiro atoms.